The predicted molar refractivity (Wildman–Crippen MR) is 142 cm³/mol. The molecule has 0 aromatic heterocycles. The molecule has 0 aliphatic heterocycles. The topological polar surface area (TPSA) is 99.1 Å². The third kappa shape index (κ3) is 4.20. The Morgan fingerprint density at radius 3 is 2.44 bits per heavy atom. The van der Waals surface area contributed by atoms with Gasteiger partial charge in [-0.1, -0.05) is 33.3 Å². The Kier molecular flexibility index (Phi) is 7.65. The molecule has 41 heavy (non-hydrogen) atoms. The summed E-state index contributed by atoms with van der Waals surface area (Å²) in [6.45, 7) is 5.37. The van der Waals surface area contributed by atoms with Crippen LogP contribution >= 0.6 is 0 Å². The minimum atomic E-state index is -2.37. The molecule has 1 unspecified atom stereocenters. The lowest BCUT2D eigenvalue weighted by Gasteiger charge is -2.62. The van der Waals surface area contributed by atoms with Gasteiger partial charge in [0.25, 0.3) is 0 Å². The molecular formula is C31H41F3O7. The number of aliphatic hydroxyl groups is 1. The van der Waals surface area contributed by atoms with E-state index in [4.69, 9.17) is 14.2 Å². The molecule has 0 aromatic rings. The highest BCUT2D eigenvalue weighted by Crippen LogP contribution is 2.71. The molecule has 0 spiro atoms. The molecule has 4 fully saturated rings. The number of aliphatic hydroxyl groups excluding tert-OH is 1. The summed E-state index contributed by atoms with van der Waals surface area (Å²) in [5.74, 6) is -3.65. The lowest BCUT2D eigenvalue weighted by atomic mass is 9.44. The second-order valence-corrected chi connectivity index (χ2v) is 13.3. The van der Waals surface area contributed by atoms with Gasteiger partial charge < -0.3 is 19.3 Å². The minimum Gasteiger partial charge on any atom is -0.431 e. The monoisotopic (exact) mass is 582 g/mol. The Morgan fingerprint density at radius 2 is 1.80 bits per heavy atom. The second-order valence-electron chi connectivity index (χ2n) is 13.3. The number of allylic oxidation sites excluding steroid dienone is 4. The summed E-state index contributed by atoms with van der Waals surface area (Å²) in [5.41, 5.74) is -7.51. The zero-order valence-corrected chi connectivity index (χ0v) is 24.2. The molecule has 9 atom stereocenters. The van der Waals surface area contributed by atoms with Crippen molar-refractivity contribution < 1.29 is 46.9 Å². The van der Waals surface area contributed by atoms with Crippen LogP contribution in [0.2, 0.25) is 0 Å². The number of alkyl halides is 3. The Hall–Kier alpha value is -2.36. The van der Waals surface area contributed by atoms with Gasteiger partial charge in [-0.05, 0) is 81.4 Å². The van der Waals surface area contributed by atoms with E-state index in [0.717, 1.165) is 25.3 Å². The predicted octanol–water partition coefficient (Wildman–Crippen LogP) is 5.88. The molecule has 0 aromatic carbocycles. The SMILES string of the molecule is CC[C@H]1CC[C@@H](OC(=O)O[C@@]2(C(=O)OCF)[C@H](C)C[C@H]3[C@@H]4C[C@H](F)C5=CC(=O)C=C[C@]5(C)C4(F)[C@@H](O)C[C@@]32C)CC1. The molecule has 7 nitrogen and oxygen atoms in total. The number of esters is 1. The maximum Gasteiger partial charge on any atom is 0.509 e. The highest BCUT2D eigenvalue weighted by atomic mass is 19.1. The van der Waals surface area contributed by atoms with Gasteiger partial charge in [-0.2, -0.15) is 0 Å². The van der Waals surface area contributed by atoms with Crippen molar-refractivity contribution >= 4 is 17.9 Å². The van der Waals surface area contributed by atoms with Crippen LogP contribution in [0.3, 0.4) is 0 Å². The molecular weight excluding hydrogens is 541 g/mol. The maximum absolute atomic E-state index is 17.5. The standard InChI is InChI=1S/C31H41F3O7/c1-5-18-6-8-20(9-7-18)40-27(38)41-31(26(37)39-16-32)17(2)12-21-22-14-24(33)23-13-19(35)10-11-28(23,3)30(22,34)25(36)15-29(21,31)4/h10-11,13,17-18,20-22,24-25,36H,5-9,12,14-16H2,1-4H3/t17-,18-,20+,21+,22+,24+,25+,28+,29+,30?,31-/m1/s1. The van der Waals surface area contributed by atoms with Crippen molar-refractivity contribution in [3.63, 3.8) is 0 Å². The zero-order chi connectivity index (χ0) is 30.0. The average Bonchev–Trinajstić information content (AvgIpc) is 3.14. The first-order valence-electron chi connectivity index (χ1n) is 14.9. The van der Waals surface area contributed by atoms with E-state index in [1.54, 1.807) is 13.8 Å². The number of carbonyl (C=O) groups is 3. The van der Waals surface area contributed by atoms with Crippen molar-refractivity contribution in [3.8, 4) is 0 Å². The number of carbonyl (C=O) groups excluding carboxylic acids is 3. The molecule has 0 amide bonds. The molecule has 0 radical (unpaired) electrons. The first kappa shape index (κ1) is 30.1. The summed E-state index contributed by atoms with van der Waals surface area (Å²) in [5, 5.41) is 11.6. The van der Waals surface area contributed by atoms with Crippen molar-refractivity contribution in [2.45, 2.75) is 109 Å². The molecule has 10 heteroatoms. The number of hydrogen-bond donors (Lipinski definition) is 1. The minimum absolute atomic E-state index is 0.0156. The Bertz CT molecular complexity index is 1150. The van der Waals surface area contributed by atoms with Crippen LogP contribution in [0.15, 0.2) is 23.8 Å². The highest BCUT2D eigenvalue weighted by Gasteiger charge is 2.79. The summed E-state index contributed by atoms with van der Waals surface area (Å²) in [6.07, 6.45) is 2.34. The van der Waals surface area contributed by atoms with Crippen LogP contribution in [0.4, 0.5) is 18.0 Å². The van der Waals surface area contributed by atoms with Crippen LogP contribution in [-0.2, 0) is 23.8 Å². The number of ketones is 1. The molecule has 0 heterocycles. The van der Waals surface area contributed by atoms with E-state index in [-0.39, 0.29) is 24.8 Å². The van der Waals surface area contributed by atoms with E-state index >= 15 is 8.78 Å². The first-order valence-corrected chi connectivity index (χ1v) is 14.9. The number of halogens is 3. The van der Waals surface area contributed by atoms with Crippen molar-refractivity contribution in [1.29, 1.82) is 0 Å². The van der Waals surface area contributed by atoms with Crippen LogP contribution in [0.25, 0.3) is 0 Å². The van der Waals surface area contributed by atoms with E-state index in [1.807, 2.05) is 0 Å². The third-order valence-electron chi connectivity index (χ3n) is 11.5. The molecule has 4 saturated carbocycles. The summed E-state index contributed by atoms with van der Waals surface area (Å²) in [6, 6.07) is 0. The van der Waals surface area contributed by atoms with Crippen LogP contribution in [0.5, 0.6) is 0 Å². The summed E-state index contributed by atoms with van der Waals surface area (Å²) >= 11 is 0. The third-order valence-corrected chi connectivity index (χ3v) is 11.5. The van der Waals surface area contributed by atoms with Gasteiger partial charge in [0.1, 0.15) is 12.3 Å². The quantitative estimate of drug-likeness (QED) is 0.404. The van der Waals surface area contributed by atoms with E-state index < -0.39 is 83.0 Å². The zero-order valence-electron chi connectivity index (χ0n) is 24.2. The van der Waals surface area contributed by atoms with Crippen molar-refractivity contribution in [1.82, 2.24) is 0 Å². The van der Waals surface area contributed by atoms with Gasteiger partial charge in [-0.15, -0.1) is 0 Å². The van der Waals surface area contributed by atoms with Crippen molar-refractivity contribution in [3.05, 3.63) is 23.8 Å². The van der Waals surface area contributed by atoms with Gasteiger partial charge in [0.05, 0.1) is 6.10 Å². The Morgan fingerprint density at radius 1 is 1.12 bits per heavy atom. The molecule has 0 saturated heterocycles. The summed E-state index contributed by atoms with van der Waals surface area (Å²) in [7, 11) is 0. The molecule has 5 aliphatic carbocycles. The van der Waals surface area contributed by atoms with Crippen molar-refractivity contribution in [2.24, 2.45) is 34.5 Å². The van der Waals surface area contributed by atoms with Gasteiger partial charge in [0, 0.05) is 22.7 Å². The van der Waals surface area contributed by atoms with E-state index in [2.05, 4.69) is 6.92 Å². The van der Waals surface area contributed by atoms with Crippen LogP contribution < -0.4 is 0 Å². The van der Waals surface area contributed by atoms with Crippen LogP contribution in [0.1, 0.15) is 79.1 Å². The van der Waals surface area contributed by atoms with Gasteiger partial charge >= 0.3 is 12.1 Å². The molecule has 1 N–H and O–H groups in total. The fourth-order valence-electron chi connectivity index (χ4n) is 9.32. The van der Waals surface area contributed by atoms with E-state index in [1.165, 1.54) is 19.1 Å². The lowest BCUT2D eigenvalue weighted by Crippen LogP contribution is -2.71. The average molecular weight is 583 g/mol. The normalized spacial score (nSPS) is 47.0. The molecule has 0 bridgehead atoms. The van der Waals surface area contributed by atoms with Gasteiger partial charge in [0.2, 0.25) is 12.5 Å². The largest absolute Gasteiger partial charge is 0.509 e. The number of fused-ring (bicyclic) bond motifs is 5. The number of ether oxygens (including phenoxy) is 3. The summed E-state index contributed by atoms with van der Waals surface area (Å²) in [4.78, 5) is 38.9. The van der Waals surface area contributed by atoms with Gasteiger partial charge in [-0.3, -0.25) is 4.79 Å². The first-order chi connectivity index (χ1) is 19.3. The van der Waals surface area contributed by atoms with Crippen LogP contribution in [0, 0.1) is 34.5 Å². The van der Waals surface area contributed by atoms with E-state index in [9.17, 15) is 23.9 Å². The van der Waals surface area contributed by atoms with Gasteiger partial charge in [0.15, 0.2) is 11.5 Å². The fraction of sp³-hybridized carbons (Fsp3) is 0.774. The Balaban J connectivity index is 1.50. The Labute approximate surface area is 238 Å². The molecule has 5 rings (SSSR count). The lowest BCUT2D eigenvalue weighted by molar-refractivity contribution is -0.235. The smallest absolute Gasteiger partial charge is 0.431 e. The van der Waals surface area contributed by atoms with E-state index in [0.29, 0.717) is 18.8 Å². The highest BCUT2D eigenvalue weighted by molar-refractivity contribution is 6.01. The number of rotatable bonds is 5. The molecule has 5 aliphatic rings. The van der Waals surface area contributed by atoms with Crippen LogP contribution in [-0.4, -0.2) is 59.5 Å². The summed E-state index contributed by atoms with van der Waals surface area (Å²) < 4.78 is 63.0. The van der Waals surface area contributed by atoms with Gasteiger partial charge in [-0.25, -0.2) is 22.8 Å². The second kappa shape index (κ2) is 10.4. The fourth-order valence-corrected chi connectivity index (χ4v) is 9.32. The van der Waals surface area contributed by atoms with Crippen molar-refractivity contribution in [2.75, 3.05) is 6.86 Å². The molecule has 228 valence electrons. The maximum atomic E-state index is 17.5. The number of hydrogen-bond acceptors (Lipinski definition) is 7.